The van der Waals surface area contributed by atoms with E-state index in [2.05, 4.69) is 24.2 Å². The Bertz CT molecular complexity index is 563. The van der Waals surface area contributed by atoms with Crippen molar-refractivity contribution < 1.29 is 19.1 Å². The van der Waals surface area contributed by atoms with Crippen molar-refractivity contribution in [2.75, 3.05) is 26.7 Å². The Hall–Kier alpha value is -1.34. The molecule has 0 aromatic rings. The van der Waals surface area contributed by atoms with Crippen LogP contribution in [-0.2, 0) is 14.3 Å². The molecule has 0 aromatic heterocycles. The van der Waals surface area contributed by atoms with Gasteiger partial charge >= 0.3 is 6.09 Å². The van der Waals surface area contributed by atoms with E-state index in [1.165, 1.54) is 0 Å². The first-order valence-electron chi connectivity index (χ1n) is 11.2. The van der Waals surface area contributed by atoms with Crippen molar-refractivity contribution in [1.82, 2.24) is 15.3 Å². The van der Waals surface area contributed by atoms with Gasteiger partial charge in [-0.15, -0.1) is 0 Å². The van der Waals surface area contributed by atoms with Gasteiger partial charge in [-0.1, -0.05) is 20.8 Å². The van der Waals surface area contributed by atoms with Crippen LogP contribution in [0.5, 0.6) is 0 Å². The smallest absolute Gasteiger partial charge is 0.407 e. The molecule has 29 heavy (non-hydrogen) atoms. The number of hydrogen-bond donors (Lipinski definition) is 1. The number of alkyl carbamates (subject to hydrolysis) is 1. The van der Waals surface area contributed by atoms with Gasteiger partial charge in [0.15, 0.2) is 0 Å². The fourth-order valence-electron chi connectivity index (χ4n) is 4.89. The third-order valence-electron chi connectivity index (χ3n) is 6.62. The third kappa shape index (κ3) is 5.43. The molecule has 2 aliphatic heterocycles. The molecule has 1 N–H and O–H groups in total. The van der Waals surface area contributed by atoms with Crippen LogP contribution < -0.4 is 5.32 Å². The minimum absolute atomic E-state index is 0.0607. The van der Waals surface area contributed by atoms with Crippen LogP contribution >= 0.6 is 0 Å². The largest absolute Gasteiger partial charge is 0.444 e. The van der Waals surface area contributed by atoms with E-state index in [0.717, 1.165) is 45.2 Å². The number of carbonyl (C=O) groups excluding carboxylic acids is 2. The SMILES string of the molecule is CCC(CC)(OC)[C@@H]1CCCN1N1CC[C@H]([C@H](C)CNC(=O)OC(C)(C)C)C1=O. The predicted octanol–water partition coefficient (Wildman–Crippen LogP) is 3.58. The highest BCUT2D eigenvalue weighted by molar-refractivity contribution is 5.81. The molecule has 0 unspecified atom stereocenters. The summed E-state index contributed by atoms with van der Waals surface area (Å²) in [4.78, 5) is 25.2. The molecule has 2 fully saturated rings. The second-order valence-corrected chi connectivity index (χ2v) is 9.51. The number of ether oxygens (including phenoxy) is 2. The maximum atomic E-state index is 13.2. The van der Waals surface area contributed by atoms with Gasteiger partial charge in [0, 0.05) is 32.7 Å². The number of methoxy groups -OCH3 is 1. The van der Waals surface area contributed by atoms with Crippen molar-refractivity contribution in [3.63, 3.8) is 0 Å². The van der Waals surface area contributed by atoms with Gasteiger partial charge in [0.2, 0.25) is 5.91 Å². The topological polar surface area (TPSA) is 71.1 Å². The fraction of sp³-hybridized carbons (Fsp3) is 0.909. The van der Waals surface area contributed by atoms with Crippen LogP contribution in [0.25, 0.3) is 0 Å². The number of hydrazine groups is 1. The van der Waals surface area contributed by atoms with Gasteiger partial charge in [-0.25, -0.2) is 9.80 Å². The van der Waals surface area contributed by atoms with Gasteiger partial charge in [-0.3, -0.25) is 9.80 Å². The molecule has 3 atom stereocenters. The first kappa shape index (κ1) is 23.9. The van der Waals surface area contributed by atoms with E-state index < -0.39 is 11.7 Å². The van der Waals surface area contributed by atoms with Crippen LogP contribution in [0.4, 0.5) is 4.79 Å². The molecule has 0 saturated carbocycles. The molecule has 168 valence electrons. The van der Waals surface area contributed by atoms with Crippen molar-refractivity contribution in [2.45, 2.75) is 90.9 Å². The second-order valence-electron chi connectivity index (χ2n) is 9.51. The summed E-state index contributed by atoms with van der Waals surface area (Å²) in [7, 11) is 1.79. The summed E-state index contributed by atoms with van der Waals surface area (Å²) in [6, 6.07) is 0.236. The van der Waals surface area contributed by atoms with Gasteiger partial charge in [-0.05, 0) is 58.8 Å². The predicted molar refractivity (Wildman–Crippen MR) is 113 cm³/mol. The van der Waals surface area contributed by atoms with E-state index >= 15 is 0 Å². The first-order valence-corrected chi connectivity index (χ1v) is 11.2. The molecule has 0 aliphatic carbocycles. The second kappa shape index (κ2) is 9.65. The normalized spacial score (nSPS) is 24.8. The van der Waals surface area contributed by atoms with Crippen LogP contribution in [0, 0.1) is 11.8 Å². The summed E-state index contributed by atoms with van der Waals surface area (Å²) in [5.74, 6) is 0.157. The fourth-order valence-corrected chi connectivity index (χ4v) is 4.89. The van der Waals surface area contributed by atoms with E-state index in [4.69, 9.17) is 9.47 Å². The van der Waals surface area contributed by atoms with Crippen molar-refractivity contribution in [1.29, 1.82) is 0 Å². The Morgan fingerprint density at radius 2 is 1.86 bits per heavy atom. The minimum Gasteiger partial charge on any atom is -0.444 e. The summed E-state index contributed by atoms with van der Waals surface area (Å²) >= 11 is 0. The Labute approximate surface area is 176 Å². The third-order valence-corrected chi connectivity index (χ3v) is 6.62. The van der Waals surface area contributed by atoms with Crippen molar-refractivity contribution in [2.24, 2.45) is 11.8 Å². The Balaban J connectivity index is 1.99. The number of nitrogens with zero attached hydrogens (tertiary/aromatic N) is 2. The van der Waals surface area contributed by atoms with Gasteiger partial charge in [0.1, 0.15) is 5.60 Å². The lowest BCUT2D eigenvalue weighted by Gasteiger charge is -2.44. The van der Waals surface area contributed by atoms with E-state index in [9.17, 15) is 9.59 Å². The van der Waals surface area contributed by atoms with Crippen molar-refractivity contribution in [3.05, 3.63) is 0 Å². The number of nitrogens with one attached hydrogen (secondary N) is 1. The molecule has 2 heterocycles. The molecule has 0 bridgehead atoms. The Morgan fingerprint density at radius 3 is 2.41 bits per heavy atom. The molecule has 2 rings (SSSR count). The Morgan fingerprint density at radius 1 is 1.21 bits per heavy atom. The number of hydrogen-bond acceptors (Lipinski definition) is 5. The standard InChI is InChI=1S/C22H41N3O4/c1-8-22(9-2,28-7)18-11-10-13-24(18)25-14-12-17(19(25)26)16(3)15-23-20(27)29-21(4,5)6/h16-18H,8-15H2,1-7H3,(H,23,27)/t16-,17-,18+/m1/s1. The van der Waals surface area contributed by atoms with Gasteiger partial charge in [0.05, 0.1) is 11.6 Å². The lowest BCUT2D eigenvalue weighted by molar-refractivity contribution is -0.163. The zero-order valence-corrected chi connectivity index (χ0v) is 19.4. The average Bonchev–Trinajstić information content (AvgIpc) is 3.27. The molecule has 2 amide bonds. The highest BCUT2D eigenvalue weighted by atomic mass is 16.6. The Kier molecular flexibility index (Phi) is 7.96. The maximum Gasteiger partial charge on any atom is 0.407 e. The van der Waals surface area contributed by atoms with E-state index in [1.807, 2.05) is 32.7 Å². The van der Waals surface area contributed by atoms with Gasteiger partial charge < -0.3 is 14.8 Å². The number of carbonyl (C=O) groups is 2. The van der Waals surface area contributed by atoms with Crippen LogP contribution in [0.1, 0.15) is 73.6 Å². The first-order chi connectivity index (χ1) is 13.6. The molecule has 0 aromatic carbocycles. The van der Waals surface area contributed by atoms with Crippen LogP contribution in [-0.4, -0.2) is 66.0 Å². The average molecular weight is 412 g/mol. The van der Waals surface area contributed by atoms with E-state index in [-0.39, 0.29) is 29.4 Å². The zero-order chi connectivity index (χ0) is 21.8. The molecule has 2 aliphatic rings. The van der Waals surface area contributed by atoms with Crippen LogP contribution in [0.3, 0.4) is 0 Å². The highest BCUT2D eigenvalue weighted by Gasteiger charge is 2.48. The van der Waals surface area contributed by atoms with E-state index in [0.29, 0.717) is 6.54 Å². The molecule has 0 radical (unpaired) electrons. The lowest BCUT2D eigenvalue weighted by Crippen LogP contribution is -2.57. The van der Waals surface area contributed by atoms with Crippen molar-refractivity contribution >= 4 is 12.0 Å². The molecule has 7 heteroatoms. The molecule has 2 saturated heterocycles. The van der Waals surface area contributed by atoms with Crippen LogP contribution in [0.2, 0.25) is 0 Å². The summed E-state index contributed by atoms with van der Waals surface area (Å²) in [5, 5.41) is 7.05. The summed E-state index contributed by atoms with van der Waals surface area (Å²) in [6.07, 6.45) is 4.39. The zero-order valence-electron chi connectivity index (χ0n) is 19.4. The highest BCUT2D eigenvalue weighted by Crippen LogP contribution is 2.38. The molecular formula is C22H41N3O4. The molecule has 0 spiro atoms. The summed E-state index contributed by atoms with van der Waals surface area (Å²) in [6.45, 7) is 14.0. The van der Waals surface area contributed by atoms with Crippen molar-refractivity contribution in [3.8, 4) is 0 Å². The minimum atomic E-state index is -0.523. The monoisotopic (exact) mass is 411 g/mol. The summed E-state index contributed by atoms with van der Waals surface area (Å²) < 4.78 is 11.3. The van der Waals surface area contributed by atoms with Gasteiger partial charge in [-0.2, -0.15) is 0 Å². The van der Waals surface area contributed by atoms with E-state index in [1.54, 1.807) is 7.11 Å². The van der Waals surface area contributed by atoms with Crippen LogP contribution in [0.15, 0.2) is 0 Å². The molecule has 7 nitrogen and oxygen atoms in total. The summed E-state index contributed by atoms with van der Waals surface area (Å²) in [5.41, 5.74) is -0.733. The van der Waals surface area contributed by atoms with Gasteiger partial charge in [0.25, 0.3) is 0 Å². The lowest BCUT2D eigenvalue weighted by atomic mass is 9.87. The number of rotatable bonds is 8. The molecular weight excluding hydrogens is 370 g/mol. The quantitative estimate of drug-likeness (QED) is 0.661. The maximum absolute atomic E-state index is 13.2. The number of amides is 2.